The molecular weight excluding hydrogens is 276 g/mol. The molecule has 0 radical (unpaired) electrons. The highest BCUT2D eigenvalue weighted by Gasteiger charge is 2.27. The summed E-state index contributed by atoms with van der Waals surface area (Å²) in [4.78, 5) is 36.1. The van der Waals surface area contributed by atoms with Crippen LogP contribution in [0.25, 0.3) is 0 Å². The van der Waals surface area contributed by atoms with Crippen LogP contribution in [0.2, 0.25) is 0 Å². The van der Waals surface area contributed by atoms with Crippen molar-refractivity contribution >= 4 is 17.9 Å². The number of carbonyl (C=O) groups is 3. The number of hydrogen-bond acceptors (Lipinski definition) is 5. The summed E-state index contributed by atoms with van der Waals surface area (Å²) in [6, 6.07) is 4.61. The van der Waals surface area contributed by atoms with Crippen molar-refractivity contribution in [1.82, 2.24) is 10.2 Å². The van der Waals surface area contributed by atoms with Crippen molar-refractivity contribution < 1.29 is 23.9 Å². The molecule has 1 aliphatic rings. The Balaban J connectivity index is 2.00. The zero-order valence-corrected chi connectivity index (χ0v) is 11.8. The van der Waals surface area contributed by atoms with Crippen LogP contribution in [0.5, 0.6) is 5.75 Å². The van der Waals surface area contributed by atoms with E-state index in [0.29, 0.717) is 12.3 Å². The number of imide groups is 1. The molecular formula is C14H16N2O5. The van der Waals surface area contributed by atoms with Crippen LogP contribution in [0.1, 0.15) is 15.9 Å². The average molecular weight is 292 g/mol. The predicted molar refractivity (Wildman–Crippen MR) is 73.1 cm³/mol. The van der Waals surface area contributed by atoms with E-state index in [1.807, 2.05) is 6.92 Å². The number of hydrogen-bond donors (Lipinski definition) is 1. The van der Waals surface area contributed by atoms with Crippen LogP contribution in [0.3, 0.4) is 0 Å². The van der Waals surface area contributed by atoms with Gasteiger partial charge in [-0.1, -0.05) is 11.6 Å². The number of amides is 3. The lowest BCUT2D eigenvalue weighted by molar-refractivity contribution is -0.130. The Labute approximate surface area is 121 Å². The Hall–Kier alpha value is -2.57. The van der Waals surface area contributed by atoms with Crippen molar-refractivity contribution in [3.63, 3.8) is 0 Å². The minimum atomic E-state index is -0.663. The van der Waals surface area contributed by atoms with Gasteiger partial charge in [0.2, 0.25) is 0 Å². The van der Waals surface area contributed by atoms with E-state index in [4.69, 9.17) is 9.47 Å². The number of nitrogens with one attached hydrogen (secondary N) is 1. The Morgan fingerprint density at radius 3 is 2.76 bits per heavy atom. The third-order valence-corrected chi connectivity index (χ3v) is 3.06. The highest BCUT2D eigenvalue weighted by atomic mass is 16.5. The molecule has 1 aromatic carbocycles. The fraction of sp³-hybridized carbons (Fsp3) is 0.357. The van der Waals surface area contributed by atoms with Crippen LogP contribution >= 0.6 is 0 Å². The lowest BCUT2D eigenvalue weighted by Crippen LogP contribution is -2.37. The first-order valence-corrected chi connectivity index (χ1v) is 6.43. The molecule has 1 saturated heterocycles. The summed E-state index contributed by atoms with van der Waals surface area (Å²) >= 11 is 0. The van der Waals surface area contributed by atoms with Gasteiger partial charge in [-0.15, -0.1) is 0 Å². The van der Waals surface area contributed by atoms with Crippen LogP contribution in [0.15, 0.2) is 18.2 Å². The summed E-state index contributed by atoms with van der Waals surface area (Å²) in [6.07, 6.45) is 0. The van der Waals surface area contributed by atoms with Gasteiger partial charge in [-0.25, -0.2) is 9.59 Å². The summed E-state index contributed by atoms with van der Waals surface area (Å²) < 4.78 is 10.0. The smallest absolute Gasteiger partial charge is 0.342 e. The molecule has 3 amide bonds. The van der Waals surface area contributed by atoms with Crippen LogP contribution < -0.4 is 10.1 Å². The second-order valence-electron chi connectivity index (χ2n) is 4.56. The van der Waals surface area contributed by atoms with Gasteiger partial charge in [0.15, 0.2) is 6.61 Å². The number of aryl methyl sites for hydroxylation is 1. The van der Waals surface area contributed by atoms with E-state index in [9.17, 15) is 14.4 Å². The summed E-state index contributed by atoms with van der Waals surface area (Å²) in [5.74, 6) is -0.842. The molecule has 7 nitrogen and oxygen atoms in total. The van der Waals surface area contributed by atoms with E-state index in [1.165, 1.54) is 7.11 Å². The van der Waals surface area contributed by atoms with Crippen molar-refractivity contribution in [3.8, 4) is 5.75 Å². The molecule has 1 heterocycles. The van der Waals surface area contributed by atoms with Crippen LogP contribution in [0, 0.1) is 6.92 Å². The minimum absolute atomic E-state index is 0.246. The Kier molecular flexibility index (Phi) is 4.42. The van der Waals surface area contributed by atoms with Crippen molar-refractivity contribution in [2.45, 2.75) is 6.92 Å². The zero-order chi connectivity index (χ0) is 15.4. The number of rotatable bonds is 4. The third kappa shape index (κ3) is 3.31. The maximum atomic E-state index is 12.0. The van der Waals surface area contributed by atoms with Gasteiger partial charge in [-0.05, 0) is 19.1 Å². The number of esters is 1. The first kappa shape index (κ1) is 14.8. The van der Waals surface area contributed by atoms with Crippen LogP contribution in [-0.2, 0) is 9.53 Å². The molecule has 7 heteroatoms. The zero-order valence-electron chi connectivity index (χ0n) is 11.8. The van der Waals surface area contributed by atoms with E-state index < -0.39 is 24.5 Å². The number of nitrogens with zero attached hydrogens (tertiary/aromatic N) is 1. The molecule has 1 aromatic rings. The summed E-state index contributed by atoms with van der Waals surface area (Å²) in [7, 11) is 1.45. The average Bonchev–Trinajstić information content (AvgIpc) is 2.90. The largest absolute Gasteiger partial charge is 0.496 e. The molecule has 1 fully saturated rings. The van der Waals surface area contributed by atoms with Crippen molar-refractivity contribution in [3.05, 3.63) is 29.3 Å². The first-order valence-electron chi connectivity index (χ1n) is 6.43. The molecule has 21 heavy (non-hydrogen) atoms. The molecule has 0 aromatic heterocycles. The van der Waals surface area contributed by atoms with Gasteiger partial charge in [0.05, 0.1) is 7.11 Å². The maximum absolute atomic E-state index is 12.0. The highest BCUT2D eigenvalue weighted by Crippen LogP contribution is 2.20. The van der Waals surface area contributed by atoms with Gasteiger partial charge < -0.3 is 14.8 Å². The second kappa shape index (κ2) is 6.25. The van der Waals surface area contributed by atoms with Gasteiger partial charge in [-0.2, -0.15) is 0 Å². The molecule has 1 N–H and O–H groups in total. The van der Waals surface area contributed by atoms with E-state index in [-0.39, 0.29) is 12.1 Å². The maximum Gasteiger partial charge on any atom is 0.342 e. The summed E-state index contributed by atoms with van der Waals surface area (Å²) in [5, 5.41) is 2.50. The second-order valence-corrected chi connectivity index (χ2v) is 4.56. The molecule has 1 aliphatic heterocycles. The minimum Gasteiger partial charge on any atom is -0.496 e. The Bertz CT molecular complexity index is 585. The molecule has 0 unspecified atom stereocenters. The quantitative estimate of drug-likeness (QED) is 0.826. The lowest BCUT2D eigenvalue weighted by atomic mass is 10.1. The number of carbonyl (C=O) groups excluding carboxylic acids is 3. The fourth-order valence-electron chi connectivity index (χ4n) is 1.97. The molecule has 112 valence electrons. The monoisotopic (exact) mass is 292 g/mol. The Morgan fingerprint density at radius 1 is 1.38 bits per heavy atom. The normalized spacial score (nSPS) is 13.8. The van der Waals surface area contributed by atoms with E-state index in [2.05, 4.69) is 5.32 Å². The van der Waals surface area contributed by atoms with E-state index in [0.717, 1.165) is 10.5 Å². The van der Waals surface area contributed by atoms with Crippen molar-refractivity contribution in [2.24, 2.45) is 0 Å². The first-order chi connectivity index (χ1) is 10.0. The number of methoxy groups -OCH3 is 1. The SMILES string of the molecule is COc1ccc(C)cc1C(=O)OCC(=O)N1CCNC1=O. The van der Waals surface area contributed by atoms with Crippen molar-refractivity contribution in [2.75, 3.05) is 26.8 Å². The summed E-state index contributed by atoms with van der Waals surface area (Å²) in [6.45, 7) is 2.03. The molecule has 0 saturated carbocycles. The Morgan fingerprint density at radius 2 is 2.14 bits per heavy atom. The van der Waals surface area contributed by atoms with Gasteiger partial charge in [0.25, 0.3) is 5.91 Å². The highest BCUT2D eigenvalue weighted by molar-refractivity contribution is 5.98. The molecule has 0 atom stereocenters. The van der Waals surface area contributed by atoms with Crippen LogP contribution in [0.4, 0.5) is 4.79 Å². The van der Waals surface area contributed by atoms with Crippen LogP contribution in [-0.4, -0.2) is 49.6 Å². The summed E-state index contributed by atoms with van der Waals surface area (Å²) in [5.41, 5.74) is 1.11. The molecule has 0 aliphatic carbocycles. The van der Waals surface area contributed by atoms with Gasteiger partial charge >= 0.3 is 12.0 Å². The predicted octanol–water partition coefficient (Wildman–Crippen LogP) is 0.712. The van der Waals surface area contributed by atoms with Gasteiger partial charge in [0, 0.05) is 13.1 Å². The molecule has 0 spiro atoms. The third-order valence-electron chi connectivity index (χ3n) is 3.06. The van der Waals surface area contributed by atoms with Gasteiger partial charge in [-0.3, -0.25) is 9.69 Å². The molecule has 0 bridgehead atoms. The lowest BCUT2D eigenvalue weighted by Gasteiger charge is -2.13. The standard InChI is InChI=1S/C14H16N2O5/c1-9-3-4-11(20-2)10(7-9)13(18)21-8-12(17)16-6-5-15-14(16)19/h3-4,7H,5-6,8H2,1-2H3,(H,15,19). The van der Waals surface area contributed by atoms with Gasteiger partial charge in [0.1, 0.15) is 11.3 Å². The van der Waals surface area contributed by atoms with E-state index >= 15 is 0 Å². The van der Waals surface area contributed by atoms with E-state index in [1.54, 1.807) is 18.2 Å². The fourth-order valence-corrected chi connectivity index (χ4v) is 1.97. The number of urea groups is 1. The van der Waals surface area contributed by atoms with Crippen molar-refractivity contribution in [1.29, 1.82) is 0 Å². The number of ether oxygens (including phenoxy) is 2. The molecule has 2 rings (SSSR count). The topological polar surface area (TPSA) is 84.9 Å². The number of benzene rings is 1.